The van der Waals surface area contributed by atoms with Gasteiger partial charge < -0.3 is 9.80 Å². The van der Waals surface area contributed by atoms with Gasteiger partial charge in [0.1, 0.15) is 0 Å². The van der Waals surface area contributed by atoms with Crippen molar-refractivity contribution in [3.05, 3.63) is 225 Å². The van der Waals surface area contributed by atoms with E-state index >= 15 is 0 Å². The first-order valence-corrected chi connectivity index (χ1v) is 24.2. The molecule has 0 saturated heterocycles. The molecule has 10 rings (SSSR count). The van der Waals surface area contributed by atoms with Crippen LogP contribution < -0.4 is 9.80 Å². The largest absolute Gasteiger partial charge is 0.311 e. The quantitative estimate of drug-likeness (QED) is 0.135. The predicted molar refractivity (Wildman–Crippen MR) is 271 cm³/mol. The van der Waals surface area contributed by atoms with Gasteiger partial charge in [-0.1, -0.05) is 97.1 Å². The summed E-state index contributed by atoms with van der Waals surface area (Å²) < 4.78 is 2.30. The standard InChI is InChI=1S/C26H17Br2NS2.C26H19NS2/c27-25-16-14-23(30-25)18-6-10-21(11-7-18)29(20-4-2-1-3-5-20)22-12-8-19(9-13-22)24-15-17-26(28)31-24;1-2-6-22(7-3-1)27(23-14-10-20(11-15-23)25-8-4-18-28-25)24-16-12-21(13-17-24)26-9-5-19-29-26/h1-17H;1-19H. The Morgan fingerprint density at radius 3 is 0.833 bits per heavy atom. The van der Waals surface area contributed by atoms with Gasteiger partial charge in [-0.2, -0.15) is 0 Å². The van der Waals surface area contributed by atoms with Crippen LogP contribution in [0.2, 0.25) is 0 Å². The van der Waals surface area contributed by atoms with Gasteiger partial charge >= 0.3 is 0 Å². The van der Waals surface area contributed by atoms with Gasteiger partial charge in [-0.15, -0.1) is 45.3 Å². The molecule has 0 aliphatic heterocycles. The molecule has 0 amide bonds. The molecule has 0 unspecified atom stereocenters. The maximum atomic E-state index is 3.56. The van der Waals surface area contributed by atoms with Crippen molar-refractivity contribution in [2.45, 2.75) is 0 Å². The SMILES string of the molecule is Brc1ccc(-c2ccc(N(c3ccccc3)c3ccc(-c4ccc(Br)s4)cc3)cc2)s1.c1ccc(N(c2ccc(-c3cccs3)cc2)c2ccc(-c3cccs3)cc2)cc1. The van der Waals surface area contributed by atoms with Crippen LogP contribution in [0, 0.1) is 0 Å². The van der Waals surface area contributed by atoms with Gasteiger partial charge in [0.05, 0.1) is 7.57 Å². The first kappa shape index (κ1) is 40.1. The van der Waals surface area contributed by atoms with Crippen molar-refractivity contribution in [1.82, 2.24) is 0 Å². The summed E-state index contributed by atoms with van der Waals surface area (Å²) >= 11 is 14.2. The Morgan fingerprint density at radius 1 is 0.267 bits per heavy atom. The molecule has 8 heteroatoms. The van der Waals surface area contributed by atoms with Crippen LogP contribution in [-0.4, -0.2) is 0 Å². The average Bonchev–Trinajstić information content (AvgIpc) is 4.16. The van der Waals surface area contributed by atoms with E-state index < -0.39 is 0 Å². The topological polar surface area (TPSA) is 6.48 Å². The highest BCUT2D eigenvalue weighted by Crippen LogP contribution is 2.40. The zero-order valence-electron chi connectivity index (χ0n) is 32.1. The molecule has 0 radical (unpaired) electrons. The fourth-order valence-corrected chi connectivity index (χ4v) is 11.2. The molecule has 292 valence electrons. The third-order valence-corrected chi connectivity index (χ3v) is 15.0. The first-order chi connectivity index (χ1) is 29.6. The number of benzene rings is 6. The summed E-state index contributed by atoms with van der Waals surface area (Å²) in [7, 11) is 0. The molecule has 10 aromatic rings. The lowest BCUT2D eigenvalue weighted by molar-refractivity contribution is 1.28. The van der Waals surface area contributed by atoms with E-state index in [-0.39, 0.29) is 0 Å². The molecule has 60 heavy (non-hydrogen) atoms. The highest BCUT2D eigenvalue weighted by Gasteiger charge is 2.15. The number of thiophene rings is 4. The maximum absolute atomic E-state index is 3.56. The Kier molecular flexibility index (Phi) is 12.7. The van der Waals surface area contributed by atoms with Crippen LogP contribution >= 0.6 is 77.2 Å². The van der Waals surface area contributed by atoms with Gasteiger partial charge in [0, 0.05) is 53.6 Å². The second-order valence-corrected chi connectivity index (χ2v) is 20.5. The van der Waals surface area contributed by atoms with E-state index in [4.69, 9.17) is 0 Å². The van der Waals surface area contributed by atoms with E-state index in [2.05, 4.69) is 259 Å². The summed E-state index contributed by atoms with van der Waals surface area (Å²) in [4.78, 5) is 9.71. The van der Waals surface area contributed by atoms with Gasteiger partial charge in [0.2, 0.25) is 0 Å². The van der Waals surface area contributed by atoms with Crippen molar-refractivity contribution in [1.29, 1.82) is 0 Å². The number of hydrogen-bond donors (Lipinski definition) is 0. The average molecular weight is 977 g/mol. The van der Waals surface area contributed by atoms with E-state index in [1.807, 2.05) is 0 Å². The molecule has 0 aliphatic rings. The minimum Gasteiger partial charge on any atom is -0.311 e. The zero-order chi connectivity index (χ0) is 40.7. The number of anilines is 6. The molecule has 2 nitrogen and oxygen atoms in total. The minimum atomic E-state index is 1.14. The monoisotopic (exact) mass is 974 g/mol. The Labute approximate surface area is 384 Å². The fraction of sp³-hybridized carbons (Fsp3) is 0. The Hall–Kier alpha value is -5.32. The van der Waals surface area contributed by atoms with E-state index in [9.17, 15) is 0 Å². The molecule has 6 aromatic carbocycles. The maximum Gasteiger partial charge on any atom is 0.0705 e. The molecule has 0 saturated carbocycles. The molecule has 0 spiro atoms. The fourth-order valence-electron chi connectivity index (χ4n) is 6.97. The lowest BCUT2D eigenvalue weighted by Crippen LogP contribution is -2.09. The predicted octanol–water partition coefficient (Wildman–Crippen LogP) is 18.8. The number of nitrogens with zero attached hydrogens (tertiary/aromatic N) is 2. The van der Waals surface area contributed by atoms with Gasteiger partial charge in [0.15, 0.2) is 0 Å². The molecule has 0 aliphatic carbocycles. The second-order valence-electron chi connectivity index (χ2n) is 13.7. The van der Waals surface area contributed by atoms with Crippen molar-refractivity contribution in [2.75, 3.05) is 9.80 Å². The first-order valence-electron chi connectivity index (χ1n) is 19.3. The summed E-state index contributed by atoms with van der Waals surface area (Å²) in [6, 6.07) is 73.3. The lowest BCUT2D eigenvalue weighted by atomic mass is 10.1. The summed E-state index contributed by atoms with van der Waals surface area (Å²) in [5, 5.41) is 4.24. The van der Waals surface area contributed by atoms with Crippen LogP contribution in [0.1, 0.15) is 0 Å². The third kappa shape index (κ3) is 9.35. The van der Waals surface area contributed by atoms with Crippen molar-refractivity contribution < 1.29 is 0 Å². The Morgan fingerprint density at radius 2 is 0.567 bits per heavy atom. The second kappa shape index (κ2) is 18.9. The highest BCUT2D eigenvalue weighted by atomic mass is 79.9. The summed E-state index contributed by atoms with van der Waals surface area (Å²) in [5.41, 5.74) is 11.8. The van der Waals surface area contributed by atoms with Crippen LogP contribution in [0.5, 0.6) is 0 Å². The Bertz CT molecular complexity index is 2690. The third-order valence-electron chi connectivity index (χ3n) is 9.86. The van der Waals surface area contributed by atoms with E-state index in [0.29, 0.717) is 0 Å². The Balaban J connectivity index is 0.000000154. The van der Waals surface area contributed by atoms with E-state index in [1.165, 1.54) is 41.8 Å². The molecule has 0 fully saturated rings. The van der Waals surface area contributed by atoms with Crippen LogP contribution in [0.3, 0.4) is 0 Å². The number of halogens is 2. The molecule has 0 bridgehead atoms. The van der Waals surface area contributed by atoms with Crippen molar-refractivity contribution in [3.63, 3.8) is 0 Å². The van der Waals surface area contributed by atoms with Gasteiger partial charge in [-0.25, -0.2) is 0 Å². The van der Waals surface area contributed by atoms with Crippen LogP contribution in [-0.2, 0) is 0 Å². The number of hydrogen-bond acceptors (Lipinski definition) is 6. The molecule has 0 atom stereocenters. The van der Waals surface area contributed by atoms with Gasteiger partial charge in [0.25, 0.3) is 0 Å². The van der Waals surface area contributed by atoms with Crippen LogP contribution in [0.4, 0.5) is 34.1 Å². The van der Waals surface area contributed by atoms with Crippen molar-refractivity contribution in [2.24, 2.45) is 0 Å². The van der Waals surface area contributed by atoms with Crippen LogP contribution in [0.25, 0.3) is 41.8 Å². The summed E-state index contributed by atoms with van der Waals surface area (Å²) in [6.07, 6.45) is 0. The van der Waals surface area contributed by atoms with Gasteiger partial charge in [-0.3, -0.25) is 0 Å². The number of para-hydroxylation sites is 2. The summed E-state index contributed by atoms with van der Waals surface area (Å²) in [6.45, 7) is 0. The minimum absolute atomic E-state index is 1.14. The highest BCUT2D eigenvalue weighted by molar-refractivity contribution is 9.11. The number of rotatable bonds is 10. The normalized spacial score (nSPS) is 10.8. The molecule has 4 aromatic heterocycles. The zero-order valence-corrected chi connectivity index (χ0v) is 38.5. The molecule has 4 heterocycles. The lowest BCUT2D eigenvalue weighted by Gasteiger charge is -2.25. The van der Waals surface area contributed by atoms with Crippen LogP contribution in [0.15, 0.2) is 225 Å². The summed E-state index contributed by atoms with van der Waals surface area (Å²) in [5.74, 6) is 0. The molecular weight excluding hydrogens is 941 g/mol. The van der Waals surface area contributed by atoms with E-state index in [1.54, 1.807) is 45.3 Å². The van der Waals surface area contributed by atoms with Crippen molar-refractivity contribution >= 4 is 111 Å². The smallest absolute Gasteiger partial charge is 0.0705 e. The van der Waals surface area contributed by atoms with Crippen molar-refractivity contribution in [3.8, 4) is 41.8 Å². The molecular formula is C52H36Br2N2S4. The molecule has 0 N–H and O–H groups in total. The van der Waals surface area contributed by atoms with Gasteiger partial charge in [-0.05, 0) is 174 Å². The van der Waals surface area contributed by atoms with E-state index in [0.717, 1.165) is 41.7 Å².